The number of rotatable bonds is 2. The summed E-state index contributed by atoms with van der Waals surface area (Å²) in [5.74, 6) is 0. The predicted octanol–water partition coefficient (Wildman–Crippen LogP) is 1.65. The molecule has 0 spiro atoms. The molecule has 2 heterocycles. The molecule has 0 bridgehead atoms. The van der Waals surface area contributed by atoms with Gasteiger partial charge in [0.2, 0.25) is 0 Å². The van der Waals surface area contributed by atoms with Crippen LogP contribution in [-0.4, -0.2) is 24.5 Å². The van der Waals surface area contributed by atoms with Gasteiger partial charge in [-0.2, -0.15) is 4.73 Å². The summed E-state index contributed by atoms with van der Waals surface area (Å²) in [4.78, 5) is 8.18. The van der Waals surface area contributed by atoms with Crippen LogP contribution in [0.3, 0.4) is 0 Å². The van der Waals surface area contributed by atoms with Crippen LogP contribution >= 0.6 is 11.6 Å². The Bertz CT molecular complexity index is 807. The molecule has 0 aliphatic carbocycles. The Hall–Kier alpha value is -2.34. The van der Waals surface area contributed by atoms with Crippen LogP contribution in [0.2, 0.25) is 5.02 Å². The Labute approximate surface area is 113 Å². The van der Waals surface area contributed by atoms with Crippen LogP contribution in [0.15, 0.2) is 36.9 Å². The molecular formula is C12H10ClN5O. The lowest BCUT2D eigenvalue weighted by atomic mass is 10.2. The van der Waals surface area contributed by atoms with Gasteiger partial charge in [-0.3, -0.25) is 5.41 Å². The van der Waals surface area contributed by atoms with Crippen molar-refractivity contribution in [3.05, 3.63) is 53.0 Å². The van der Waals surface area contributed by atoms with E-state index in [2.05, 4.69) is 9.97 Å². The van der Waals surface area contributed by atoms with Crippen molar-refractivity contribution in [2.75, 3.05) is 0 Å². The zero-order valence-corrected chi connectivity index (χ0v) is 10.5. The average molecular weight is 276 g/mol. The van der Waals surface area contributed by atoms with Crippen LogP contribution in [0, 0.1) is 5.41 Å². The summed E-state index contributed by atoms with van der Waals surface area (Å²) >= 11 is 5.94. The summed E-state index contributed by atoms with van der Waals surface area (Å²) in [5.41, 5.74) is 1.83. The predicted molar refractivity (Wildman–Crippen MR) is 69.1 cm³/mol. The molecule has 0 fully saturated rings. The van der Waals surface area contributed by atoms with Gasteiger partial charge in [0.05, 0.1) is 12.9 Å². The second-order valence-corrected chi connectivity index (χ2v) is 4.55. The molecule has 96 valence electrons. The summed E-state index contributed by atoms with van der Waals surface area (Å²) in [7, 11) is 0. The number of imidazole rings is 1. The standard InChI is InChI=1S/C12H10ClN5O/c13-9-3-1-2-8(4-9)5-17-6-15-10-11(14)18(19)7-16-12(10)17/h1-4,6-7,14,19H,5H2. The third-order valence-corrected chi connectivity index (χ3v) is 3.03. The topological polar surface area (TPSA) is 79.7 Å². The normalized spacial score (nSPS) is 11.0. The minimum Gasteiger partial charge on any atom is -0.425 e. The summed E-state index contributed by atoms with van der Waals surface area (Å²) < 4.78 is 2.44. The molecule has 0 amide bonds. The average Bonchev–Trinajstić information content (AvgIpc) is 2.78. The van der Waals surface area contributed by atoms with Crippen molar-refractivity contribution in [2.24, 2.45) is 0 Å². The number of aromatic nitrogens is 4. The summed E-state index contributed by atoms with van der Waals surface area (Å²) in [5, 5.41) is 17.7. The zero-order chi connectivity index (χ0) is 13.4. The summed E-state index contributed by atoms with van der Waals surface area (Å²) in [6.07, 6.45) is 2.78. The maximum absolute atomic E-state index is 9.35. The third-order valence-electron chi connectivity index (χ3n) is 2.79. The molecule has 7 heteroatoms. The van der Waals surface area contributed by atoms with Crippen molar-refractivity contribution in [1.82, 2.24) is 19.3 Å². The number of halogens is 1. The smallest absolute Gasteiger partial charge is 0.192 e. The minimum atomic E-state index is -0.0881. The van der Waals surface area contributed by atoms with Crippen LogP contribution in [0.25, 0.3) is 11.2 Å². The number of hydrogen-bond acceptors (Lipinski definition) is 4. The Morgan fingerprint density at radius 3 is 2.89 bits per heavy atom. The maximum Gasteiger partial charge on any atom is 0.192 e. The van der Waals surface area contributed by atoms with Gasteiger partial charge in [-0.05, 0) is 17.7 Å². The second kappa shape index (κ2) is 4.40. The van der Waals surface area contributed by atoms with Crippen molar-refractivity contribution in [3.63, 3.8) is 0 Å². The highest BCUT2D eigenvalue weighted by Gasteiger charge is 2.08. The van der Waals surface area contributed by atoms with Crippen LogP contribution in [0.5, 0.6) is 0 Å². The van der Waals surface area contributed by atoms with E-state index in [1.54, 1.807) is 10.9 Å². The fourth-order valence-electron chi connectivity index (χ4n) is 1.90. The van der Waals surface area contributed by atoms with E-state index in [1.165, 1.54) is 6.33 Å². The SMILES string of the molecule is N=c1c2ncn(Cc3cccc(Cl)c3)c2ncn1O. The van der Waals surface area contributed by atoms with Crippen LogP contribution in [0.1, 0.15) is 5.56 Å². The summed E-state index contributed by atoms with van der Waals surface area (Å²) in [6, 6.07) is 7.51. The van der Waals surface area contributed by atoms with Gasteiger partial charge in [-0.25, -0.2) is 9.97 Å². The Kier molecular flexibility index (Phi) is 2.72. The molecule has 0 aliphatic rings. The molecule has 0 saturated heterocycles. The fraction of sp³-hybridized carbons (Fsp3) is 0.0833. The van der Waals surface area contributed by atoms with Gasteiger partial charge >= 0.3 is 0 Å². The number of nitrogens with zero attached hydrogens (tertiary/aromatic N) is 4. The van der Waals surface area contributed by atoms with E-state index in [0.717, 1.165) is 5.56 Å². The highest BCUT2D eigenvalue weighted by Crippen LogP contribution is 2.13. The van der Waals surface area contributed by atoms with E-state index in [-0.39, 0.29) is 5.49 Å². The van der Waals surface area contributed by atoms with E-state index in [4.69, 9.17) is 17.0 Å². The first-order valence-corrected chi connectivity index (χ1v) is 5.94. The van der Waals surface area contributed by atoms with Gasteiger partial charge < -0.3 is 9.77 Å². The van der Waals surface area contributed by atoms with Crippen molar-refractivity contribution >= 4 is 22.8 Å². The van der Waals surface area contributed by atoms with E-state index in [1.807, 2.05) is 24.3 Å². The molecule has 0 atom stereocenters. The molecule has 0 aliphatic heterocycles. The number of nitrogens with one attached hydrogen (secondary N) is 1. The second-order valence-electron chi connectivity index (χ2n) is 4.11. The van der Waals surface area contributed by atoms with E-state index in [0.29, 0.717) is 27.5 Å². The summed E-state index contributed by atoms with van der Waals surface area (Å²) in [6.45, 7) is 0.555. The molecule has 3 rings (SSSR count). The number of benzene rings is 1. The zero-order valence-electron chi connectivity index (χ0n) is 9.79. The highest BCUT2D eigenvalue weighted by atomic mass is 35.5. The van der Waals surface area contributed by atoms with Crippen molar-refractivity contribution in [3.8, 4) is 0 Å². The number of hydrogen-bond donors (Lipinski definition) is 2. The van der Waals surface area contributed by atoms with Gasteiger partial charge in [-0.15, -0.1) is 0 Å². The third kappa shape index (κ3) is 2.06. The molecule has 2 N–H and O–H groups in total. The van der Waals surface area contributed by atoms with Crippen molar-refractivity contribution in [1.29, 1.82) is 5.41 Å². The van der Waals surface area contributed by atoms with Gasteiger partial charge in [0.25, 0.3) is 0 Å². The molecule has 2 aromatic heterocycles. The van der Waals surface area contributed by atoms with Gasteiger partial charge in [0.15, 0.2) is 16.7 Å². The monoisotopic (exact) mass is 275 g/mol. The molecule has 0 radical (unpaired) electrons. The van der Waals surface area contributed by atoms with E-state index in [9.17, 15) is 5.21 Å². The lowest BCUT2D eigenvalue weighted by Gasteiger charge is -2.04. The Morgan fingerprint density at radius 2 is 2.11 bits per heavy atom. The minimum absolute atomic E-state index is 0.0881. The highest BCUT2D eigenvalue weighted by molar-refractivity contribution is 6.30. The fourth-order valence-corrected chi connectivity index (χ4v) is 2.11. The maximum atomic E-state index is 9.35. The molecular weight excluding hydrogens is 266 g/mol. The van der Waals surface area contributed by atoms with Gasteiger partial charge in [0.1, 0.15) is 6.33 Å². The van der Waals surface area contributed by atoms with Crippen molar-refractivity contribution < 1.29 is 5.21 Å². The van der Waals surface area contributed by atoms with Gasteiger partial charge in [0, 0.05) is 5.02 Å². The number of fused-ring (bicyclic) bond motifs is 1. The molecule has 1 aromatic carbocycles. The first kappa shape index (κ1) is 11.7. The molecule has 0 saturated carbocycles. The van der Waals surface area contributed by atoms with Crippen LogP contribution in [-0.2, 0) is 6.54 Å². The molecule has 19 heavy (non-hydrogen) atoms. The first-order valence-electron chi connectivity index (χ1n) is 5.56. The Morgan fingerprint density at radius 1 is 1.26 bits per heavy atom. The first-order chi connectivity index (χ1) is 9.15. The van der Waals surface area contributed by atoms with Crippen LogP contribution < -0.4 is 5.49 Å². The molecule has 3 aromatic rings. The van der Waals surface area contributed by atoms with E-state index < -0.39 is 0 Å². The lowest BCUT2D eigenvalue weighted by Crippen LogP contribution is -2.18. The van der Waals surface area contributed by atoms with Crippen molar-refractivity contribution in [2.45, 2.75) is 6.54 Å². The largest absolute Gasteiger partial charge is 0.425 e. The lowest BCUT2D eigenvalue weighted by molar-refractivity contribution is 0.168. The van der Waals surface area contributed by atoms with Crippen LogP contribution in [0.4, 0.5) is 0 Å². The van der Waals surface area contributed by atoms with E-state index >= 15 is 0 Å². The molecule has 0 unspecified atom stereocenters. The Balaban J connectivity index is 2.07. The molecule has 6 nitrogen and oxygen atoms in total. The van der Waals surface area contributed by atoms with Gasteiger partial charge in [-0.1, -0.05) is 23.7 Å². The quantitative estimate of drug-likeness (QED) is 0.698.